The van der Waals surface area contributed by atoms with Crippen LogP contribution in [-0.2, 0) is 20.7 Å². The summed E-state index contributed by atoms with van der Waals surface area (Å²) in [4.78, 5) is 26.7. The van der Waals surface area contributed by atoms with E-state index in [0.717, 1.165) is 5.56 Å². The van der Waals surface area contributed by atoms with Gasteiger partial charge in [0.05, 0.1) is 6.42 Å². The lowest BCUT2D eigenvalue weighted by Gasteiger charge is -2.38. The van der Waals surface area contributed by atoms with Gasteiger partial charge in [-0.05, 0) is 24.3 Å². The first-order valence-electron chi connectivity index (χ1n) is 10.7. The number of hydrogen-bond donors (Lipinski definition) is 5. The fourth-order valence-corrected chi connectivity index (χ4v) is 3.64. The molecule has 2 aromatic carbocycles. The molecular weight excluding hydrogens is 462 g/mol. The molecule has 11 nitrogen and oxygen atoms in total. The molecule has 5 atom stereocenters. The summed E-state index contributed by atoms with van der Waals surface area (Å²) in [5, 5.41) is 48.0. The number of aliphatic hydroxyl groups excluding tert-OH is 3. The predicted molar refractivity (Wildman–Crippen MR) is 118 cm³/mol. The lowest BCUT2D eigenvalue weighted by atomic mass is 9.99. The maximum absolute atomic E-state index is 11.3. The molecule has 2 heterocycles. The first-order valence-corrected chi connectivity index (χ1v) is 10.7. The van der Waals surface area contributed by atoms with Gasteiger partial charge >= 0.3 is 11.9 Å². The zero-order chi connectivity index (χ0) is 25.1. The van der Waals surface area contributed by atoms with Crippen LogP contribution in [0.5, 0.6) is 5.75 Å². The number of hydrogen-bond acceptors (Lipinski definition) is 9. The highest BCUT2D eigenvalue weighted by molar-refractivity contribution is 5.77. The molecule has 1 aliphatic rings. The molecule has 0 bridgehead atoms. The predicted octanol–water partition coefficient (Wildman–Crippen LogP) is 1.30. The highest BCUT2D eigenvalue weighted by Gasteiger charge is 2.48. The van der Waals surface area contributed by atoms with E-state index >= 15 is 0 Å². The average Bonchev–Trinajstić information content (AvgIpc) is 3.28. The van der Waals surface area contributed by atoms with Crippen LogP contribution in [0.3, 0.4) is 0 Å². The van der Waals surface area contributed by atoms with E-state index in [9.17, 15) is 24.9 Å². The first-order chi connectivity index (χ1) is 16.7. The Morgan fingerprint density at radius 2 is 1.57 bits per heavy atom. The zero-order valence-electron chi connectivity index (χ0n) is 18.2. The monoisotopic (exact) mass is 485 g/mol. The largest absolute Gasteiger partial charge is 0.481 e. The minimum absolute atomic E-state index is 0.117. The number of nitrogens with zero attached hydrogens (tertiary/aromatic N) is 1. The van der Waals surface area contributed by atoms with Gasteiger partial charge < -0.3 is 39.4 Å². The van der Waals surface area contributed by atoms with Gasteiger partial charge in [-0.1, -0.05) is 30.3 Å². The number of oxazole rings is 1. The lowest BCUT2D eigenvalue weighted by Crippen LogP contribution is -2.61. The Labute approximate surface area is 198 Å². The van der Waals surface area contributed by atoms with E-state index in [-0.39, 0.29) is 24.5 Å². The van der Waals surface area contributed by atoms with Crippen molar-refractivity contribution in [1.82, 2.24) is 4.98 Å². The Bertz CT molecular complexity index is 1180. The van der Waals surface area contributed by atoms with E-state index in [1.165, 1.54) is 12.1 Å². The molecule has 35 heavy (non-hydrogen) atoms. The van der Waals surface area contributed by atoms with Crippen LogP contribution in [0.2, 0.25) is 0 Å². The summed E-state index contributed by atoms with van der Waals surface area (Å²) in [6.45, 7) is 0. The van der Waals surface area contributed by atoms with Gasteiger partial charge in [0.25, 0.3) is 0 Å². The number of benzene rings is 2. The van der Waals surface area contributed by atoms with Crippen LogP contribution in [0.1, 0.15) is 12.3 Å². The van der Waals surface area contributed by atoms with Crippen molar-refractivity contribution >= 4 is 11.9 Å². The number of aliphatic carboxylic acids is 2. The molecule has 184 valence electrons. The average molecular weight is 485 g/mol. The number of aryl methyl sites for hydroxylation is 1. The van der Waals surface area contributed by atoms with E-state index in [0.29, 0.717) is 17.0 Å². The zero-order valence-corrected chi connectivity index (χ0v) is 18.2. The minimum Gasteiger partial charge on any atom is -0.481 e. The number of aromatic nitrogens is 1. The van der Waals surface area contributed by atoms with E-state index in [2.05, 4.69) is 4.98 Å². The van der Waals surface area contributed by atoms with Crippen molar-refractivity contribution in [3.63, 3.8) is 0 Å². The second-order valence-electron chi connectivity index (χ2n) is 7.92. The number of aliphatic hydroxyl groups is 3. The Balaban J connectivity index is 1.57. The summed E-state index contributed by atoms with van der Waals surface area (Å²) in [5.41, 5.74) is 1.87. The fraction of sp³-hybridized carbons (Fsp3) is 0.292. The van der Waals surface area contributed by atoms with Crippen LogP contribution in [0, 0.1) is 0 Å². The summed E-state index contributed by atoms with van der Waals surface area (Å²) < 4.78 is 16.5. The quantitative estimate of drug-likeness (QED) is 0.310. The first kappa shape index (κ1) is 24.4. The number of ether oxygens (including phenoxy) is 2. The van der Waals surface area contributed by atoms with Crippen LogP contribution >= 0.6 is 0 Å². The summed E-state index contributed by atoms with van der Waals surface area (Å²) in [6, 6.07) is 15.5. The van der Waals surface area contributed by atoms with Gasteiger partial charge in [0.15, 0.2) is 17.8 Å². The Hall–Kier alpha value is -3.77. The smallest absolute Gasteiger partial charge is 0.335 e. The molecule has 4 rings (SSSR count). The van der Waals surface area contributed by atoms with Crippen LogP contribution < -0.4 is 4.74 Å². The van der Waals surface area contributed by atoms with E-state index in [1.807, 2.05) is 30.3 Å². The van der Waals surface area contributed by atoms with Crippen molar-refractivity contribution in [2.45, 2.75) is 43.5 Å². The van der Waals surface area contributed by atoms with Crippen LogP contribution in [0.25, 0.3) is 22.6 Å². The Kier molecular flexibility index (Phi) is 7.12. The summed E-state index contributed by atoms with van der Waals surface area (Å²) in [6.07, 6.45) is -8.60. The van der Waals surface area contributed by atoms with Gasteiger partial charge in [-0.2, -0.15) is 0 Å². The van der Waals surface area contributed by atoms with E-state index in [4.69, 9.17) is 24.1 Å². The maximum atomic E-state index is 11.3. The highest BCUT2D eigenvalue weighted by Crippen LogP contribution is 2.34. The number of carboxylic acid groups (broad SMARTS) is 2. The lowest BCUT2D eigenvalue weighted by molar-refractivity contribution is -0.271. The standard InChI is InChI=1S/C24H23NO10/c26-16(27)11-10-15-25-17(21(34-15)13-4-2-1-3-5-13)12-6-8-14(9-7-12)33-24-20(30)18(28)19(29)22(35-24)23(31)32/h1-9,18-20,22,24,28-30H,10-11H2,(H,26,27)(H,31,32)/t18-,19-,20+,22-,24+/m0/s1. The molecule has 1 aliphatic heterocycles. The van der Waals surface area contributed by atoms with Crippen LogP contribution in [-0.4, -0.2) is 73.2 Å². The van der Waals surface area contributed by atoms with Gasteiger partial charge in [0, 0.05) is 17.5 Å². The molecule has 1 fully saturated rings. The van der Waals surface area contributed by atoms with Gasteiger partial charge in [0.1, 0.15) is 29.8 Å². The fourth-order valence-electron chi connectivity index (χ4n) is 3.64. The van der Waals surface area contributed by atoms with E-state index in [1.54, 1.807) is 12.1 Å². The van der Waals surface area contributed by atoms with E-state index < -0.39 is 42.6 Å². The van der Waals surface area contributed by atoms with Gasteiger partial charge in [-0.3, -0.25) is 4.79 Å². The van der Waals surface area contributed by atoms with Gasteiger partial charge in [-0.15, -0.1) is 0 Å². The molecule has 0 amide bonds. The molecule has 0 unspecified atom stereocenters. The number of rotatable bonds is 8. The van der Waals surface area contributed by atoms with Crippen molar-refractivity contribution in [1.29, 1.82) is 0 Å². The van der Waals surface area contributed by atoms with Crippen molar-refractivity contribution in [2.24, 2.45) is 0 Å². The maximum Gasteiger partial charge on any atom is 0.335 e. The summed E-state index contributed by atoms with van der Waals surface area (Å²) >= 11 is 0. The third-order valence-electron chi connectivity index (χ3n) is 5.45. The molecule has 0 spiro atoms. The van der Waals surface area contributed by atoms with Crippen molar-refractivity contribution in [3.05, 3.63) is 60.5 Å². The molecule has 1 aromatic heterocycles. The SMILES string of the molecule is O=C(O)CCc1nc(-c2ccc(O[C@@H]3O[C@H](C(=O)O)[C@@H](O)[C@H](O)[C@H]3O)cc2)c(-c2ccccc2)o1. The summed E-state index contributed by atoms with van der Waals surface area (Å²) in [7, 11) is 0. The number of carbonyl (C=O) groups is 2. The molecule has 0 saturated carbocycles. The van der Waals surface area contributed by atoms with Gasteiger partial charge in [-0.25, -0.2) is 9.78 Å². The van der Waals surface area contributed by atoms with Gasteiger partial charge in [0.2, 0.25) is 6.29 Å². The third kappa shape index (κ3) is 5.33. The Morgan fingerprint density at radius 3 is 2.20 bits per heavy atom. The molecule has 3 aromatic rings. The highest BCUT2D eigenvalue weighted by atomic mass is 16.7. The molecule has 1 saturated heterocycles. The molecule has 5 N–H and O–H groups in total. The van der Waals surface area contributed by atoms with Crippen LogP contribution in [0.15, 0.2) is 59.0 Å². The molecule has 0 radical (unpaired) electrons. The Morgan fingerprint density at radius 1 is 0.886 bits per heavy atom. The summed E-state index contributed by atoms with van der Waals surface area (Å²) in [5.74, 6) is -1.55. The van der Waals surface area contributed by atoms with Crippen molar-refractivity contribution < 1.29 is 49.0 Å². The second kappa shape index (κ2) is 10.2. The topological polar surface area (TPSA) is 180 Å². The minimum atomic E-state index is -1.82. The third-order valence-corrected chi connectivity index (χ3v) is 5.45. The van der Waals surface area contributed by atoms with Crippen molar-refractivity contribution in [3.8, 4) is 28.3 Å². The molecule has 11 heteroatoms. The molecule has 0 aliphatic carbocycles. The van der Waals surface area contributed by atoms with Crippen molar-refractivity contribution in [2.75, 3.05) is 0 Å². The van der Waals surface area contributed by atoms with Crippen LogP contribution in [0.4, 0.5) is 0 Å². The number of carboxylic acids is 2. The molecular formula is C24H23NO10. The second-order valence-corrected chi connectivity index (χ2v) is 7.92. The normalized spacial score (nSPS) is 24.1.